The van der Waals surface area contributed by atoms with E-state index in [-0.39, 0.29) is 11.3 Å². The van der Waals surface area contributed by atoms with Crippen molar-refractivity contribution in [2.75, 3.05) is 20.2 Å². The number of hydrogen-bond donors (Lipinski definition) is 1. The zero-order chi connectivity index (χ0) is 19.1. The maximum absolute atomic E-state index is 12.9. The van der Waals surface area contributed by atoms with Crippen LogP contribution in [-0.2, 0) is 11.2 Å². The average Bonchev–Trinajstić information content (AvgIpc) is 3.27. The van der Waals surface area contributed by atoms with Gasteiger partial charge in [-0.05, 0) is 55.2 Å². The largest absolute Gasteiger partial charge is 0.497 e. The number of benzene rings is 1. The first-order valence-electron chi connectivity index (χ1n) is 10.5. The quantitative estimate of drug-likeness (QED) is 0.834. The molecule has 1 N–H and O–H groups in total. The number of likely N-dealkylation sites (tertiary alicyclic amines) is 1. The second-order valence-electron chi connectivity index (χ2n) is 8.75. The second kappa shape index (κ2) is 6.90. The smallest absolute Gasteiger partial charge is 0.222 e. The minimum absolute atomic E-state index is 0.214. The van der Waals surface area contributed by atoms with Crippen molar-refractivity contribution in [2.45, 2.75) is 56.8 Å². The number of carbonyl (C=O) groups excluding carboxylic acids is 1. The van der Waals surface area contributed by atoms with E-state index in [1.54, 1.807) is 7.11 Å². The zero-order valence-corrected chi connectivity index (χ0v) is 16.5. The van der Waals surface area contributed by atoms with Gasteiger partial charge in [0, 0.05) is 31.3 Å². The van der Waals surface area contributed by atoms with Crippen LogP contribution in [0, 0.1) is 5.41 Å². The van der Waals surface area contributed by atoms with Gasteiger partial charge in [0.2, 0.25) is 5.91 Å². The Labute approximate surface area is 165 Å². The van der Waals surface area contributed by atoms with Crippen LogP contribution < -0.4 is 4.74 Å². The van der Waals surface area contributed by atoms with E-state index in [2.05, 4.69) is 21.2 Å². The summed E-state index contributed by atoms with van der Waals surface area (Å²) in [7, 11) is 1.67. The lowest BCUT2D eigenvalue weighted by Gasteiger charge is -2.41. The van der Waals surface area contributed by atoms with Crippen molar-refractivity contribution in [3.63, 3.8) is 0 Å². The van der Waals surface area contributed by atoms with Crippen molar-refractivity contribution in [3.8, 4) is 5.75 Å². The van der Waals surface area contributed by atoms with E-state index in [1.807, 2.05) is 18.2 Å². The molecule has 3 aliphatic rings. The van der Waals surface area contributed by atoms with Gasteiger partial charge in [-0.15, -0.1) is 0 Å². The third kappa shape index (κ3) is 3.19. The topological polar surface area (TPSA) is 71.1 Å². The van der Waals surface area contributed by atoms with Crippen LogP contribution in [0.3, 0.4) is 0 Å². The first-order chi connectivity index (χ1) is 13.7. The van der Waals surface area contributed by atoms with E-state index in [4.69, 9.17) is 9.72 Å². The molecule has 1 aromatic heterocycles. The molecule has 0 radical (unpaired) electrons. The Morgan fingerprint density at radius 1 is 1.36 bits per heavy atom. The standard InChI is InChI=1S/C22H28N4O2/c1-28-17-5-2-4-15(12-17)6-9-19(27)26-13-18(22(14-26)10-3-11-22)21-23-20(24-25-21)16-7-8-16/h2,4-5,12,16,18H,3,6-11,13-14H2,1H3,(H,23,24,25). The summed E-state index contributed by atoms with van der Waals surface area (Å²) in [6.45, 7) is 1.64. The lowest BCUT2D eigenvalue weighted by Crippen LogP contribution is -2.38. The number of aromatic amines is 1. The van der Waals surface area contributed by atoms with Crippen molar-refractivity contribution >= 4 is 5.91 Å². The number of nitrogens with zero attached hydrogens (tertiary/aromatic N) is 3. The molecule has 2 aromatic rings. The molecular weight excluding hydrogens is 352 g/mol. The van der Waals surface area contributed by atoms with Gasteiger partial charge in [0.15, 0.2) is 5.82 Å². The van der Waals surface area contributed by atoms with Gasteiger partial charge < -0.3 is 9.64 Å². The molecule has 148 valence electrons. The summed E-state index contributed by atoms with van der Waals surface area (Å²) in [6, 6.07) is 7.99. The first-order valence-corrected chi connectivity index (χ1v) is 10.5. The average molecular weight is 380 g/mol. The fraction of sp³-hybridized carbons (Fsp3) is 0.591. The van der Waals surface area contributed by atoms with Crippen molar-refractivity contribution in [3.05, 3.63) is 41.5 Å². The summed E-state index contributed by atoms with van der Waals surface area (Å²) in [5, 5.41) is 7.67. The van der Waals surface area contributed by atoms with Crippen LogP contribution in [0.5, 0.6) is 5.75 Å². The van der Waals surface area contributed by atoms with Crippen LogP contribution in [0.25, 0.3) is 0 Å². The van der Waals surface area contributed by atoms with Gasteiger partial charge in [0.1, 0.15) is 11.6 Å². The van der Waals surface area contributed by atoms with Crippen molar-refractivity contribution in [2.24, 2.45) is 5.41 Å². The minimum Gasteiger partial charge on any atom is -0.497 e. The van der Waals surface area contributed by atoms with Crippen LogP contribution >= 0.6 is 0 Å². The predicted molar refractivity (Wildman–Crippen MR) is 105 cm³/mol. The molecule has 2 heterocycles. The van der Waals surface area contributed by atoms with Gasteiger partial charge in [-0.25, -0.2) is 4.98 Å². The number of methoxy groups -OCH3 is 1. The highest BCUT2D eigenvalue weighted by atomic mass is 16.5. The number of rotatable bonds is 6. The molecule has 1 saturated heterocycles. The molecule has 1 atom stereocenters. The van der Waals surface area contributed by atoms with Crippen LogP contribution in [0.15, 0.2) is 24.3 Å². The van der Waals surface area contributed by atoms with E-state index in [0.717, 1.165) is 42.5 Å². The second-order valence-corrected chi connectivity index (χ2v) is 8.75. The maximum Gasteiger partial charge on any atom is 0.222 e. The molecule has 1 amide bonds. The number of aryl methyl sites for hydroxylation is 1. The van der Waals surface area contributed by atoms with Crippen molar-refractivity contribution < 1.29 is 9.53 Å². The van der Waals surface area contributed by atoms with E-state index in [1.165, 1.54) is 32.1 Å². The molecule has 2 aliphatic carbocycles. The molecule has 1 unspecified atom stereocenters. The molecule has 1 aliphatic heterocycles. The highest BCUT2D eigenvalue weighted by Gasteiger charge is 2.53. The molecule has 6 nitrogen and oxygen atoms in total. The summed E-state index contributed by atoms with van der Waals surface area (Å²) in [5.41, 5.74) is 1.36. The first kappa shape index (κ1) is 17.7. The van der Waals surface area contributed by atoms with E-state index >= 15 is 0 Å². The van der Waals surface area contributed by atoms with Gasteiger partial charge in [0.05, 0.1) is 7.11 Å². The molecule has 1 spiro atoms. The predicted octanol–water partition coefficient (Wildman–Crippen LogP) is 3.42. The molecule has 5 rings (SSSR count). The summed E-state index contributed by atoms with van der Waals surface area (Å²) < 4.78 is 5.29. The van der Waals surface area contributed by atoms with Crippen molar-refractivity contribution in [1.82, 2.24) is 20.1 Å². The number of H-pyrrole nitrogens is 1. The lowest BCUT2D eigenvalue weighted by molar-refractivity contribution is -0.130. The SMILES string of the molecule is COc1cccc(CCC(=O)N2CC(c3nc(C4CC4)n[nH]3)C3(CCC3)C2)c1. The molecule has 1 aromatic carbocycles. The molecule has 28 heavy (non-hydrogen) atoms. The number of aromatic nitrogens is 3. The minimum atomic E-state index is 0.214. The van der Waals surface area contributed by atoms with Crippen LogP contribution in [0.4, 0.5) is 0 Å². The van der Waals surface area contributed by atoms with Gasteiger partial charge in [-0.1, -0.05) is 18.6 Å². The summed E-state index contributed by atoms with van der Waals surface area (Å²) >= 11 is 0. The van der Waals surface area contributed by atoms with E-state index < -0.39 is 0 Å². The number of hydrogen-bond acceptors (Lipinski definition) is 4. The zero-order valence-electron chi connectivity index (χ0n) is 16.5. The summed E-state index contributed by atoms with van der Waals surface area (Å²) in [6.07, 6.45) is 7.35. The van der Waals surface area contributed by atoms with Crippen LogP contribution in [0.1, 0.15) is 67.6 Å². The molecule has 0 bridgehead atoms. The van der Waals surface area contributed by atoms with Crippen LogP contribution in [0.2, 0.25) is 0 Å². The highest BCUT2D eigenvalue weighted by Crippen LogP contribution is 2.55. The van der Waals surface area contributed by atoms with E-state index in [0.29, 0.717) is 18.3 Å². The monoisotopic (exact) mass is 380 g/mol. The van der Waals surface area contributed by atoms with Crippen LogP contribution in [-0.4, -0.2) is 46.2 Å². The third-order valence-electron chi connectivity index (χ3n) is 6.90. The van der Waals surface area contributed by atoms with Gasteiger partial charge in [-0.2, -0.15) is 5.10 Å². The summed E-state index contributed by atoms with van der Waals surface area (Å²) in [4.78, 5) is 19.8. The number of nitrogens with one attached hydrogen (secondary N) is 1. The fourth-order valence-corrected chi connectivity index (χ4v) is 4.88. The van der Waals surface area contributed by atoms with Crippen molar-refractivity contribution in [1.29, 1.82) is 0 Å². The summed E-state index contributed by atoms with van der Waals surface area (Å²) in [5.74, 6) is 3.94. The third-order valence-corrected chi connectivity index (χ3v) is 6.90. The Morgan fingerprint density at radius 3 is 2.93 bits per heavy atom. The van der Waals surface area contributed by atoms with Gasteiger partial charge in [0.25, 0.3) is 0 Å². The van der Waals surface area contributed by atoms with Gasteiger partial charge >= 0.3 is 0 Å². The van der Waals surface area contributed by atoms with Gasteiger partial charge in [-0.3, -0.25) is 9.89 Å². The fourth-order valence-electron chi connectivity index (χ4n) is 4.88. The Balaban J connectivity index is 1.26. The molecule has 3 fully saturated rings. The lowest BCUT2D eigenvalue weighted by atomic mass is 9.62. The Morgan fingerprint density at radius 2 is 2.21 bits per heavy atom. The normalized spacial score (nSPS) is 23.0. The highest BCUT2D eigenvalue weighted by molar-refractivity contribution is 5.77. The number of ether oxygens (including phenoxy) is 1. The van der Waals surface area contributed by atoms with E-state index in [9.17, 15) is 4.79 Å². The number of carbonyl (C=O) groups is 1. The Hall–Kier alpha value is -2.37. The molecule has 2 saturated carbocycles. The molecular formula is C22H28N4O2. The number of amides is 1. The molecule has 6 heteroatoms. The maximum atomic E-state index is 12.9. The Bertz CT molecular complexity index is 869. The Kier molecular flexibility index (Phi) is 4.37.